The molecule has 1 unspecified atom stereocenters. The lowest BCUT2D eigenvalue weighted by Crippen LogP contribution is -2.55. The normalized spacial score (nSPS) is 21.9. The minimum Gasteiger partial charge on any atom is -0.444 e. The number of likely N-dealkylation sites (tertiary alicyclic amines) is 1. The Kier molecular flexibility index (Phi) is 7.72. The maximum absolute atomic E-state index is 13.2. The first-order valence-corrected chi connectivity index (χ1v) is 10.6. The van der Waals surface area contributed by atoms with Crippen molar-refractivity contribution in [3.63, 3.8) is 0 Å². The van der Waals surface area contributed by atoms with E-state index in [0.717, 1.165) is 45.1 Å². The van der Waals surface area contributed by atoms with Crippen molar-refractivity contribution in [2.24, 2.45) is 5.92 Å². The second-order valence-corrected chi connectivity index (χ2v) is 9.30. The zero-order valence-electron chi connectivity index (χ0n) is 18.1. The van der Waals surface area contributed by atoms with Gasteiger partial charge in [-0.25, -0.2) is 4.79 Å². The van der Waals surface area contributed by atoms with Crippen molar-refractivity contribution in [2.75, 3.05) is 20.1 Å². The van der Waals surface area contributed by atoms with E-state index in [1.54, 1.807) is 20.8 Å². The first-order chi connectivity index (χ1) is 13.1. The van der Waals surface area contributed by atoms with Gasteiger partial charge in [-0.05, 0) is 59.3 Å². The predicted molar refractivity (Wildman–Crippen MR) is 108 cm³/mol. The summed E-state index contributed by atoms with van der Waals surface area (Å²) in [6.07, 6.45) is 6.78. The third kappa shape index (κ3) is 6.38. The summed E-state index contributed by atoms with van der Waals surface area (Å²) < 4.78 is 5.30. The average Bonchev–Trinajstić information content (AvgIpc) is 3.04. The van der Waals surface area contributed by atoms with Crippen LogP contribution in [0.5, 0.6) is 0 Å². The van der Waals surface area contributed by atoms with Crippen molar-refractivity contribution in [3.05, 3.63) is 0 Å². The van der Waals surface area contributed by atoms with E-state index >= 15 is 0 Å². The minimum atomic E-state index is -0.617. The van der Waals surface area contributed by atoms with Gasteiger partial charge in [-0.15, -0.1) is 0 Å². The van der Waals surface area contributed by atoms with Gasteiger partial charge in [-0.3, -0.25) is 9.59 Å². The number of nitrogens with one attached hydrogen (secondary N) is 1. The van der Waals surface area contributed by atoms with Crippen molar-refractivity contribution in [3.8, 4) is 0 Å². The van der Waals surface area contributed by atoms with E-state index in [4.69, 9.17) is 4.74 Å². The molecular weight excluding hydrogens is 358 g/mol. The predicted octanol–water partition coefficient (Wildman–Crippen LogP) is 2.93. The Labute approximate surface area is 169 Å². The van der Waals surface area contributed by atoms with Crippen LogP contribution >= 0.6 is 0 Å². The summed E-state index contributed by atoms with van der Waals surface area (Å²) in [5, 5.41) is 2.95. The fraction of sp³-hybridized carbons (Fsp3) is 0.857. The van der Waals surface area contributed by atoms with Crippen LogP contribution in [0, 0.1) is 5.92 Å². The number of carbonyl (C=O) groups excluding carboxylic acids is 3. The van der Waals surface area contributed by atoms with Gasteiger partial charge in [0, 0.05) is 19.6 Å². The number of hydrogen-bond acceptors (Lipinski definition) is 4. The monoisotopic (exact) mass is 395 g/mol. The van der Waals surface area contributed by atoms with Gasteiger partial charge < -0.3 is 19.9 Å². The molecule has 160 valence electrons. The molecule has 3 amide bonds. The molecule has 1 saturated carbocycles. The average molecular weight is 396 g/mol. The fourth-order valence-corrected chi connectivity index (χ4v) is 4.13. The molecule has 1 aliphatic heterocycles. The highest BCUT2D eigenvalue weighted by Crippen LogP contribution is 2.29. The molecule has 0 aromatic carbocycles. The second-order valence-electron chi connectivity index (χ2n) is 9.30. The zero-order valence-corrected chi connectivity index (χ0v) is 18.1. The molecule has 28 heavy (non-hydrogen) atoms. The molecule has 0 aromatic rings. The van der Waals surface area contributed by atoms with Gasteiger partial charge >= 0.3 is 6.09 Å². The van der Waals surface area contributed by atoms with Crippen molar-refractivity contribution in [1.29, 1.82) is 0 Å². The van der Waals surface area contributed by atoms with Crippen molar-refractivity contribution in [2.45, 2.75) is 90.3 Å². The zero-order chi connectivity index (χ0) is 20.9. The summed E-state index contributed by atoms with van der Waals surface area (Å²) in [7, 11) is 1.54. The lowest BCUT2D eigenvalue weighted by atomic mass is 9.83. The van der Waals surface area contributed by atoms with E-state index in [0.29, 0.717) is 0 Å². The third-order valence-electron chi connectivity index (χ3n) is 5.63. The van der Waals surface area contributed by atoms with E-state index in [2.05, 4.69) is 12.2 Å². The van der Waals surface area contributed by atoms with Gasteiger partial charge in [0.15, 0.2) is 0 Å². The lowest BCUT2D eigenvalue weighted by molar-refractivity contribution is -0.139. The van der Waals surface area contributed by atoms with Crippen molar-refractivity contribution < 1.29 is 19.1 Å². The minimum absolute atomic E-state index is 0.0326. The Bertz CT molecular complexity index is 566. The highest BCUT2D eigenvalue weighted by atomic mass is 16.6. The van der Waals surface area contributed by atoms with Gasteiger partial charge in [0.1, 0.15) is 18.2 Å². The number of rotatable bonds is 5. The highest BCUT2D eigenvalue weighted by Gasteiger charge is 2.37. The maximum Gasteiger partial charge on any atom is 0.410 e. The third-order valence-corrected chi connectivity index (χ3v) is 5.63. The molecule has 2 aliphatic rings. The molecule has 0 bridgehead atoms. The number of carbonyl (C=O) groups is 3. The van der Waals surface area contributed by atoms with Crippen LogP contribution in [-0.2, 0) is 14.3 Å². The number of ether oxygens (including phenoxy) is 1. The number of amides is 3. The van der Waals surface area contributed by atoms with Crippen LogP contribution in [0.2, 0.25) is 0 Å². The Hall–Kier alpha value is -1.79. The summed E-state index contributed by atoms with van der Waals surface area (Å²) in [4.78, 5) is 41.1. The van der Waals surface area contributed by atoms with Crippen molar-refractivity contribution in [1.82, 2.24) is 15.1 Å². The molecule has 7 heteroatoms. The molecular formula is C21H37N3O4. The first-order valence-electron chi connectivity index (χ1n) is 10.6. The fourth-order valence-electron chi connectivity index (χ4n) is 4.13. The number of likely N-dealkylation sites (N-methyl/N-ethyl adjacent to an activating group) is 1. The first kappa shape index (κ1) is 22.5. The molecule has 1 N–H and O–H groups in total. The van der Waals surface area contributed by atoms with Gasteiger partial charge in [0.2, 0.25) is 11.8 Å². The molecule has 2 atom stereocenters. The summed E-state index contributed by atoms with van der Waals surface area (Å²) in [5.41, 5.74) is -0.617. The van der Waals surface area contributed by atoms with Gasteiger partial charge in [-0.2, -0.15) is 0 Å². The molecule has 2 fully saturated rings. The van der Waals surface area contributed by atoms with Gasteiger partial charge in [0.05, 0.1) is 0 Å². The summed E-state index contributed by atoms with van der Waals surface area (Å²) in [6.45, 7) is 8.06. The molecule has 1 saturated heterocycles. The molecule has 0 spiro atoms. The van der Waals surface area contributed by atoms with Crippen LogP contribution in [0.25, 0.3) is 0 Å². The Morgan fingerprint density at radius 3 is 2.29 bits per heavy atom. The summed E-state index contributed by atoms with van der Waals surface area (Å²) in [5.74, 6) is -0.112. The maximum atomic E-state index is 13.2. The van der Waals surface area contributed by atoms with E-state index in [1.807, 2.05) is 4.90 Å². The SMILES string of the molecule is C[C@@H]1CCCN1C(=O)C(NC(=O)CN(C)C(=O)OC(C)(C)C)C1CCCCC1. The van der Waals surface area contributed by atoms with Crippen LogP contribution in [0.4, 0.5) is 4.79 Å². The van der Waals surface area contributed by atoms with E-state index in [1.165, 1.54) is 18.4 Å². The molecule has 0 aromatic heterocycles. The van der Waals surface area contributed by atoms with Gasteiger partial charge in [0.25, 0.3) is 0 Å². The van der Waals surface area contributed by atoms with Crippen LogP contribution in [-0.4, -0.2) is 65.5 Å². The molecule has 0 radical (unpaired) electrons. The number of nitrogens with zero attached hydrogens (tertiary/aromatic N) is 2. The van der Waals surface area contributed by atoms with Crippen LogP contribution < -0.4 is 5.32 Å². The molecule has 2 rings (SSSR count). The molecule has 1 heterocycles. The number of hydrogen-bond donors (Lipinski definition) is 1. The van der Waals surface area contributed by atoms with Crippen LogP contribution in [0.1, 0.15) is 72.6 Å². The summed E-state index contributed by atoms with van der Waals surface area (Å²) >= 11 is 0. The standard InChI is InChI=1S/C21H37N3O4/c1-15-10-9-13-24(15)19(26)18(16-11-7-6-8-12-16)22-17(25)14-23(5)20(27)28-21(2,3)4/h15-16,18H,6-14H2,1-5H3,(H,22,25)/t15-,18?/m1/s1. The van der Waals surface area contributed by atoms with Crippen LogP contribution in [0.15, 0.2) is 0 Å². The Morgan fingerprint density at radius 2 is 1.75 bits per heavy atom. The second kappa shape index (κ2) is 9.61. The Morgan fingerprint density at radius 1 is 1.11 bits per heavy atom. The van der Waals surface area contributed by atoms with Crippen LogP contribution in [0.3, 0.4) is 0 Å². The quantitative estimate of drug-likeness (QED) is 0.776. The highest BCUT2D eigenvalue weighted by molar-refractivity contribution is 5.90. The molecule has 7 nitrogen and oxygen atoms in total. The topological polar surface area (TPSA) is 79.0 Å². The van der Waals surface area contributed by atoms with Gasteiger partial charge in [-0.1, -0.05) is 19.3 Å². The molecule has 1 aliphatic carbocycles. The van der Waals surface area contributed by atoms with E-state index in [-0.39, 0.29) is 30.3 Å². The largest absolute Gasteiger partial charge is 0.444 e. The van der Waals surface area contributed by atoms with E-state index in [9.17, 15) is 14.4 Å². The summed E-state index contributed by atoms with van der Waals surface area (Å²) in [6, 6.07) is -0.277. The Balaban J connectivity index is 2.01. The lowest BCUT2D eigenvalue weighted by Gasteiger charge is -2.34. The van der Waals surface area contributed by atoms with Crippen molar-refractivity contribution >= 4 is 17.9 Å². The smallest absolute Gasteiger partial charge is 0.410 e. The van der Waals surface area contributed by atoms with E-state index < -0.39 is 17.7 Å².